The van der Waals surface area contributed by atoms with Crippen LogP contribution in [0, 0.1) is 0 Å². The largest absolute Gasteiger partial charge is 0.374 e. The van der Waals surface area contributed by atoms with E-state index in [-0.39, 0.29) is 0 Å². The maximum absolute atomic E-state index is 11.5. The Balaban J connectivity index is 2.05. The number of amides is 1. The van der Waals surface area contributed by atoms with Crippen LogP contribution >= 0.6 is 0 Å². The molecule has 0 radical (unpaired) electrons. The normalized spacial score (nSPS) is 13.7. The Labute approximate surface area is 113 Å². The zero-order valence-corrected chi connectivity index (χ0v) is 11.6. The van der Waals surface area contributed by atoms with Crippen molar-refractivity contribution in [1.29, 1.82) is 0 Å². The fourth-order valence-electron chi connectivity index (χ4n) is 2.13. The van der Waals surface area contributed by atoms with E-state index < -0.39 is 11.7 Å². The van der Waals surface area contributed by atoms with Crippen LogP contribution in [0.3, 0.4) is 0 Å². The Morgan fingerprint density at radius 1 is 1.11 bits per heavy atom. The molecule has 1 heterocycles. The van der Waals surface area contributed by atoms with E-state index in [0.29, 0.717) is 11.3 Å². The second-order valence-corrected chi connectivity index (χ2v) is 5.09. The standard InChI is InChI=1S/C14H19N3O2/c1-16(2)7-4-8-17(3)10-5-6-11-12(9-10)15-14(19)13(11)18/h5-6,9H,4,7-8H2,1-3H3,(H,15,18,19). The lowest BCUT2D eigenvalue weighted by atomic mass is 10.1. The zero-order chi connectivity index (χ0) is 14.0. The van der Waals surface area contributed by atoms with E-state index in [4.69, 9.17) is 0 Å². The monoisotopic (exact) mass is 261 g/mol. The number of ketones is 1. The van der Waals surface area contributed by atoms with E-state index in [0.717, 1.165) is 25.2 Å². The van der Waals surface area contributed by atoms with Gasteiger partial charge in [0.05, 0.1) is 11.3 Å². The predicted octanol–water partition coefficient (Wildman–Crippen LogP) is 1.21. The number of fused-ring (bicyclic) bond motifs is 1. The van der Waals surface area contributed by atoms with Gasteiger partial charge in [-0.25, -0.2) is 0 Å². The van der Waals surface area contributed by atoms with Gasteiger partial charge in [0.25, 0.3) is 11.7 Å². The molecule has 0 bridgehead atoms. The molecule has 5 heteroatoms. The number of carbonyl (C=O) groups excluding carboxylic acids is 2. The van der Waals surface area contributed by atoms with E-state index >= 15 is 0 Å². The van der Waals surface area contributed by atoms with E-state index in [1.807, 2.05) is 19.2 Å². The van der Waals surface area contributed by atoms with E-state index in [9.17, 15) is 9.59 Å². The van der Waals surface area contributed by atoms with Crippen molar-refractivity contribution < 1.29 is 9.59 Å². The van der Waals surface area contributed by atoms with Crippen LogP contribution in [0.1, 0.15) is 16.8 Å². The summed E-state index contributed by atoms with van der Waals surface area (Å²) >= 11 is 0. The number of anilines is 2. The molecule has 0 saturated heterocycles. The number of benzene rings is 1. The summed E-state index contributed by atoms with van der Waals surface area (Å²) in [6.45, 7) is 1.96. The smallest absolute Gasteiger partial charge is 0.296 e. The highest BCUT2D eigenvalue weighted by molar-refractivity contribution is 6.51. The van der Waals surface area contributed by atoms with Crippen molar-refractivity contribution in [3.8, 4) is 0 Å². The first-order chi connectivity index (χ1) is 8.99. The molecule has 1 aromatic rings. The molecule has 5 nitrogen and oxygen atoms in total. The van der Waals surface area contributed by atoms with Crippen molar-refractivity contribution in [3.05, 3.63) is 23.8 Å². The molecule has 0 fully saturated rings. The molecule has 0 unspecified atom stereocenters. The minimum atomic E-state index is -0.539. The van der Waals surface area contributed by atoms with Gasteiger partial charge in [-0.1, -0.05) is 0 Å². The minimum absolute atomic E-state index is 0.447. The van der Waals surface area contributed by atoms with Crippen molar-refractivity contribution in [2.24, 2.45) is 0 Å². The number of nitrogens with zero attached hydrogens (tertiary/aromatic N) is 2. The third-order valence-corrected chi connectivity index (χ3v) is 3.24. The Morgan fingerprint density at radius 2 is 1.84 bits per heavy atom. The lowest BCUT2D eigenvalue weighted by Gasteiger charge is -2.21. The third-order valence-electron chi connectivity index (χ3n) is 3.24. The summed E-state index contributed by atoms with van der Waals surface area (Å²) in [5, 5.41) is 2.59. The Hall–Kier alpha value is -1.88. The van der Waals surface area contributed by atoms with Gasteiger partial charge in [-0.2, -0.15) is 0 Å². The second-order valence-electron chi connectivity index (χ2n) is 5.09. The maximum atomic E-state index is 11.5. The number of hydrogen-bond donors (Lipinski definition) is 1. The van der Waals surface area contributed by atoms with Crippen LogP contribution in [-0.2, 0) is 4.79 Å². The Kier molecular flexibility index (Phi) is 3.85. The van der Waals surface area contributed by atoms with Crippen LogP contribution in [-0.4, -0.2) is 50.8 Å². The van der Waals surface area contributed by atoms with Crippen molar-refractivity contribution in [3.63, 3.8) is 0 Å². The molecule has 0 saturated carbocycles. The molecule has 102 valence electrons. The summed E-state index contributed by atoms with van der Waals surface area (Å²) in [5.74, 6) is -0.987. The van der Waals surface area contributed by atoms with E-state index in [2.05, 4.69) is 29.2 Å². The van der Waals surface area contributed by atoms with Crippen molar-refractivity contribution in [1.82, 2.24) is 4.90 Å². The summed E-state index contributed by atoms with van der Waals surface area (Å²) in [5.41, 5.74) is 2.09. The molecule has 2 rings (SSSR count). The van der Waals surface area contributed by atoms with Gasteiger partial charge >= 0.3 is 0 Å². The number of hydrogen-bond acceptors (Lipinski definition) is 4. The number of Topliss-reactive ketones (excluding diaryl/α,β-unsaturated/α-hetero) is 1. The van der Waals surface area contributed by atoms with Crippen LogP contribution in [0.25, 0.3) is 0 Å². The van der Waals surface area contributed by atoms with Gasteiger partial charge in [0.1, 0.15) is 0 Å². The summed E-state index contributed by atoms with van der Waals surface area (Å²) < 4.78 is 0. The predicted molar refractivity (Wildman–Crippen MR) is 75.8 cm³/mol. The van der Waals surface area contributed by atoms with E-state index in [1.54, 1.807) is 6.07 Å². The Morgan fingerprint density at radius 3 is 2.53 bits per heavy atom. The van der Waals surface area contributed by atoms with Crippen LogP contribution in [0.2, 0.25) is 0 Å². The highest BCUT2D eigenvalue weighted by Crippen LogP contribution is 2.27. The number of nitrogens with one attached hydrogen (secondary N) is 1. The molecule has 0 spiro atoms. The molecule has 1 N–H and O–H groups in total. The lowest BCUT2D eigenvalue weighted by molar-refractivity contribution is -0.112. The maximum Gasteiger partial charge on any atom is 0.296 e. The summed E-state index contributed by atoms with van der Waals surface area (Å²) in [7, 11) is 6.11. The van der Waals surface area contributed by atoms with Crippen LogP contribution in [0.5, 0.6) is 0 Å². The van der Waals surface area contributed by atoms with Crippen molar-refractivity contribution >= 4 is 23.1 Å². The topological polar surface area (TPSA) is 52.6 Å². The molecule has 1 aromatic carbocycles. The average Bonchev–Trinajstić information content (AvgIpc) is 2.64. The number of carbonyl (C=O) groups is 2. The van der Waals surface area contributed by atoms with Gasteiger partial charge in [-0.3, -0.25) is 9.59 Å². The molecule has 1 aliphatic heterocycles. The van der Waals surface area contributed by atoms with Crippen molar-refractivity contribution in [2.75, 3.05) is 44.4 Å². The first-order valence-electron chi connectivity index (χ1n) is 6.34. The second kappa shape index (κ2) is 5.40. The molecule has 1 aliphatic rings. The molecule has 0 aliphatic carbocycles. The first-order valence-corrected chi connectivity index (χ1v) is 6.34. The van der Waals surface area contributed by atoms with E-state index in [1.165, 1.54) is 0 Å². The molecule has 0 aromatic heterocycles. The molecule has 0 atom stereocenters. The van der Waals surface area contributed by atoms with Crippen LogP contribution < -0.4 is 10.2 Å². The quantitative estimate of drug-likeness (QED) is 0.809. The highest BCUT2D eigenvalue weighted by atomic mass is 16.2. The lowest BCUT2D eigenvalue weighted by Crippen LogP contribution is -2.23. The van der Waals surface area contributed by atoms with Gasteiger partial charge in [0, 0.05) is 19.3 Å². The molecular formula is C14H19N3O2. The third kappa shape index (κ3) is 2.93. The Bertz CT molecular complexity index is 511. The molecular weight excluding hydrogens is 242 g/mol. The van der Waals surface area contributed by atoms with Crippen LogP contribution in [0.15, 0.2) is 18.2 Å². The average molecular weight is 261 g/mol. The van der Waals surface area contributed by atoms with Crippen molar-refractivity contribution in [2.45, 2.75) is 6.42 Å². The van der Waals surface area contributed by atoms with Gasteiger partial charge in [0.15, 0.2) is 0 Å². The fraction of sp³-hybridized carbons (Fsp3) is 0.429. The van der Waals surface area contributed by atoms with Gasteiger partial charge in [0.2, 0.25) is 0 Å². The summed E-state index contributed by atoms with van der Waals surface area (Å²) in [6.07, 6.45) is 1.06. The van der Waals surface area contributed by atoms with Gasteiger partial charge in [-0.05, 0) is 45.3 Å². The summed E-state index contributed by atoms with van der Waals surface area (Å²) in [4.78, 5) is 27.0. The number of rotatable bonds is 5. The SMILES string of the molecule is CN(C)CCCN(C)c1ccc2c(c1)NC(=O)C2=O. The minimum Gasteiger partial charge on any atom is -0.374 e. The molecule has 1 amide bonds. The first kappa shape index (κ1) is 13.5. The zero-order valence-electron chi connectivity index (χ0n) is 11.6. The molecule has 19 heavy (non-hydrogen) atoms. The van der Waals surface area contributed by atoms with Gasteiger partial charge in [-0.15, -0.1) is 0 Å². The highest BCUT2D eigenvalue weighted by Gasteiger charge is 2.27. The fourth-order valence-corrected chi connectivity index (χ4v) is 2.13. The van der Waals surface area contributed by atoms with Crippen LogP contribution in [0.4, 0.5) is 11.4 Å². The summed E-state index contributed by atoms with van der Waals surface area (Å²) in [6, 6.07) is 5.45. The van der Waals surface area contributed by atoms with Gasteiger partial charge < -0.3 is 15.1 Å².